The molecular formula is C18H24N6O10S2. The zero-order chi connectivity index (χ0) is 26.3. The van der Waals surface area contributed by atoms with Gasteiger partial charge in [-0.1, -0.05) is 0 Å². The van der Waals surface area contributed by atoms with Gasteiger partial charge in [0.15, 0.2) is 12.5 Å². The van der Waals surface area contributed by atoms with Gasteiger partial charge in [0.25, 0.3) is 0 Å². The molecule has 0 aromatic carbocycles. The molecule has 8 atom stereocenters. The number of aliphatic hydroxyl groups is 6. The van der Waals surface area contributed by atoms with Gasteiger partial charge in [0, 0.05) is 12.4 Å². The Kier molecular flexibility index (Phi) is 7.90. The molecule has 16 nitrogen and oxygen atoms in total. The SMILES string of the molecule is Nc1nc(=O)n([C@@H]2O[C@H](CO)[C@@H](O)[C@@H]2O)cc1SSc1cn([C@@H]2O[C@H](CO)[C@@H](O)[C@@H]2O)c(=O)nc1N. The van der Waals surface area contributed by atoms with Gasteiger partial charge in [0.1, 0.15) is 48.3 Å². The van der Waals surface area contributed by atoms with Crippen LogP contribution in [0.4, 0.5) is 11.6 Å². The number of hydrogen-bond acceptors (Lipinski definition) is 16. The van der Waals surface area contributed by atoms with Crippen LogP contribution in [0.5, 0.6) is 0 Å². The molecule has 0 spiro atoms. The van der Waals surface area contributed by atoms with E-state index in [2.05, 4.69) is 9.97 Å². The standard InChI is InChI=1S/C18H24N6O10S2/c19-13-7(1-23(17(31)21-13)15-11(29)9(27)5(3-25)33-15)35-36-8-2-24(18(32)22-14(8)20)16-12(30)10(28)6(4-26)34-16/h1-2,5-6,9-12,15-16,25-30H,3-4H2,(H2,19,21,31)(H2,20,22,32)/t5-,6-,9-,10-,11+,12+,15-,16-/m1/s1. The average Bonchev–Trinajstić information content (AvgIpc) is 3.29. The third-order valence-electron chi connectivity index (χ3n) is 5.70. The molecule has 0 saturated carbocycles. The molecule has 0 radical (unpaired) electrons. The minimum absolute atomic E-state index is 0.163. The monoisotopic (exact) mass is 548 g/mol. The van der Waals surface area contributed by atoms with Crippen LogP contribution in [-0.2, 0) is 9.47 Å². The van der Waals surface area contributed by atoms with Crippen molar-refractivity contribution in [2.24, 2.45) is 0 Å². The molecule has 0 amide bonds. The number of anilines is 2. The quantitative estimate of drug-likeness (QED) is 0.153. The van der Waals surface area contributed by atoms with Crippen LogP contribution in [0.2, 0.25) is 0 Å². The summed E-state index contributed by atoms with van der Waals surface area (Å²) in [6.45, 7) is -1.17. The van der Waals surface area contributed by atoms with E-state index in [0.29, 0.717) is 0 Å². The Balaban J connectivity index is 1.59. The van der Waals surface area contributed by atoms with Gasteiger partial charge in [0.2, 0.25) is 0 Å². The molecule has 4 rings (SSSR count). The van der Waals surface area contributed by atoms with Crippen molar-refractivity contribution in [1.29, 1.82) is 0 Å². The normalized spacial score (nSPS) is 32.3. The third-order valence-corrected chi connectivity index (χ3v) is 8.09. The Morgan fingerprint density at radius 2 is 1.11 bits per heavy atom. The zero-order valence-corrected chi connectivity index (χ0v) is 19.9. The second kappa shape index (κ2) is 10.6. The second-order valence-corrected chi connectivity index (χ2v) is 10.2. The van der Waals surface area contributed by atoms with Crippen LogP contribution in [0.25, 0.3) is 0 Å². The Labute approximate surface area is 209 Å². The number of nitrogens with two attached hydrogens (primary N) is 2. The zero-order valence-electron chi connectivity index (χ0n) is 18.3. The minimum atomic E-state index is -1.52. The number of aliphatic hydroxyl groups excluding tert-OH is 6. The average molecular weight is 549 g/mol. The van der Waals surface area contributed by atoms with Gasteiger partial charge in [-0.15, -0.1) is 0 Å². The number of ether oxygens (including phenoxy) is 2. The molecule has 10 N–H and O–H groups in total. The van der Waals surface area contributed by atoms with Gasteiger partial charge in [-0.25, -0.2) is 9.59 Å². The number of nitrogen functional groups attached to an aromatic ring is 2. The topological polar surface area (TPSA) is 262 Å². The Hall–Kier alpha value is -2.26. The lowest BCUT2D eigenvalue weighted by atomic mass is 10.1. The van der Waals surface area contributed by atoms with Crippen LogP contribution < -0.4 is 22.8 Å². The summed E-state index contributed by atoms with van der Waals surface area (Å²) in [5, 5.41) is 59.0. The van der Waals surface area contributed by atoms with Crippen molar-refractivity contribution in [2.45, 2.75) is 58.9 Å². The first kappa shape index (κ1) is 26.8. The molecule has 2 aromatic heterocycles. The fourth-order valence-electron chi connectivity index (χ4n) is 3.73. The van der Waals surface area contributed by atoms with E-state index in [1.807, 2.05) is 0 Å². The molecule has 36 heavy (non-hydrogen) atoms. The van der Waals surface area contributed by atoms with Crippen LogP contribution in [-0.4, -0.2) is 99.6 Å². The third kappa shape index (κ3) is 4.84. The smallest absolute Gasteiger partial charge is 0.351 e. The molecule has 0 unspecified atom stereocenters. The molecule has 18 heteroatoms. The first-order valence-electron chi connectivity index (χ1n) is 10.4. The summed E-state index contributed by atoms with van der Waals surface area (Å²) in [6, 6.07) is 0. The van der Waals surface area contributed by atoms with E-state index in [4.69, 9.17) is 20.9 Å². The van der Waals surface area contributed by atoms with Crippen LogP contribution in [0.15, 0.2) is 31.8 Å². The number of hydrogen-bond donors (Lipinski definition) is 8. The highest BCUT2D eigenvalue weighted by Crippen LogP contribution is 2.42. The summed E-state index contributed by atoms with van der Waals surface area (Å²) in [5.74, 6) is -0.326. The molecule has 198 valence electrons. The maximum atomic E-state index is 12.4. The van der Waals surface area contributed by atoms with E-state index in [0.717, 1.165) is 30.7 Å². The Morgan fingerprint density at radius 3 is 1.42 bits per heavy atom. The first-order valence-corrected chi connectivity index (χ1v) is 12.6. The summed E-state index contributed by atoms with van der Waals surface area (Å²) in [7, 11) is 1.92. The maximum Gasteiger partial charge on any atom is 0.351 e. The first-order chi connectivity index (χ1) is 17.1. The molecule has 2 saturated heterocycles. The minimum Gasteiger partial charge on any atom is -0.394 e. The maximum absolute atomic E-state index is 12.4. The van der Waals surface area contributed by atoms with Gasteiger partial charge in [0.05, 0.1) is 23.0 Å². The Morgan fingerprint density at radius 1 is 0.750 bits per heavy atom. The van der Waals surface area contributed by atoms with Crippen LogP contribution in [0, 0.1) is 0 Å². The van der Waals surface area contributed by atoms with Crippen molar-refractivity contribution >= 4 is 33.2 Å². The fourth-order valence-corrected chi connectivity index (χ4v) is 5.79. The lowest BCUT2D eigenvalue weighted by Crippen LogP contribution is -2.36. The lowest BCUT2D eigenvalue weighted by molar-refractivity contribution is -0.0552. The van der Waals surface area contributed by atoms with Crippen molar-refractivity contribution in [2.75, 3.05) is 24.7 Å². The van der Waals surface area contributed by atoms with Gasteiger partial charge in [-0.2, -0.15) is 9.97 Å². The summed E-state index contributed by atoms with van der Waals surface area (Å²) >= 11 is 0. The van der Waals surface area contributed by atoms with E-state index in [-0.39, 0.29) is 21.4 Å². The summed E-state index contributed by atoms with van der Waals surface area (Å²) in [4.78, 5) is 32.6. The van der Waals surface area contributed by atoms with Crippen LogP contribution in [0.1, 0.15) is 12.5 Å². The predicted molar refractivity (Wildman–Crippen MR) is 124 cm³/mol. The van der Waals surface area contributed by atoms with Gasteiger partial charge in [-0.05, 0) is 21.6 Å². The van der Waals surface area contributed by atoms with Gasteiger partial charge >= 0.3 is 11.4 Å². The van der Waals surface area contributed by atoms with Gasteiger partial charge < -0.3 is 51.6 Å². The van der Waals surface area contributed by atoms with Gasteiger partial charge in [-0.3, -0.25) is 9.13 Å². The number of aromatic nitrogens is 4. The number of rotatable bonds is 7. The second-order valence-electron chi connectivity index (χ2n) is 7.98. The highest BCUT2D eigenvalue weighted by molar-refractivity contribution is 8.76. The molecule has 2 aromatic rings. The van der Waals surface area contributed by atoms with Crippen molar-refractivity contribution in [3.05, 3.63) is 33.4 Å². The molecule has 2 aliphatic heterocycles. The molecular weight excluding hydrogens is 524 g/mol. The summed E-state index contributed by atoms with van der Waals surface area (Å²) in [5.41, 5.74) is 10.0. The highest BCUT2D eigenvalue weighted by Gasteiger charge is 2.45. The number of nitrogens with zero attached hydrogens (tertiary/aromatic N) is 4. The van der Waals surface area contributed by atoms with E-state index in [9.17, 15) is 40.2 Å². The molecule has 2 aliphatic rings. The molecule has 4 heterocycles. The summed E-state index contributed by atoms with van der Waals surface area (Å²) < 4.78 is 12.6. The van der Waals surface area contributed by atoms with Crippen molar-refractivity contribution < 1.29 is 40.1 Å². The van der Waals surface area contributed by atoms with Crippen molar-refractivity contribution in [3.8, 4) is 0 Å². The summed E-state index contributed by atoms with van der Waals surface area (Å²) in [6.07, 6.45) is -8.29. The lowest BCUT2D eigenvalue weighted by Gasteiger charge is -2.19. The van der Waals surface area contributed by atoms with E-state index in [1.165, 1.54) is 12.4 Å². The molecule has 0 aliphatic carbocycles. The largest absolute Gasteiger partial charge is 0.394 e. The van der Waals surface area contributed by atoms with E-state index in [1.54, 1.807) is 0 Å². The highest BCUT2D eigenvalue weighted by atomic mass is 33.1. The Bertz CT molecular complexity index is 1140. The van der Waals surface area contributed by atoms with Crippen molar-refractivity contribution in [3.63, 3.8) is 0 Å². The predicted octanol–water partition coefficient (Wildman–Crippen LogP) is -4.01. The van der Waals surface area contributed by atoms with E-state index >= 15 is 0 Å². The van der Waals surface area contributed by atoms with Crippen LogP contribution >= 0.6 is 21.6 Å². The van der Waals surface area contributed by atoms with Crippen LogP contribution in [0.3, 0.4) is 0 Å². The fraction of sp³-hybridized carbons (Fsp3) is 0.556. The van der Waals surface area contributed by atoms with E-state index < -0.39 is 73.7 Å². The molecule has 0 bridgehead atoms. The van der Waals surface area contributed by atoms with Crippen molar-refractivity contribution in [1.82, 2.24) is 19.1 Å². The molecule has 2 fully saturated rings.